The number of amides is 1. The van der Waals surface area contributed by atoms with E-state index in [1.54, 1.807) is 4.90 Å². The molecule has 1 aliphatic carbocycles. The fourth-order valence-electron chi connectivity index (χ4n) is 4.70. The summed E-state index contributed by atoms with van der Waals surface area (Å²) in [5.41, 5.74) is 11.6. The lowest BCUT2D eigenvalue weighted by Gasteiger charge is -2.22. The van der Waals surface area contributed by atoms with Gasteiger partial charge in [0.2, 0.25) is 0 Å². The van der Waals surface area contributed by atoms with Gasteiger partial charge in [-0.05, 0) is 40.7 Å². The Hall–Kier alpha value is -3.32. The Morgan fingerprint density at radius 1 is 1.10 bits per heavy atom. The van der Waals surface area contributed by atoms with Gasteiger partial charge >= 0.3 is 12.1 Å². The number of carbonyl (C=O) groups is 2. The van der Waals surface area contributed by atoms with E-state index in [1.165, 1.54) is 33.6 Å². The minimum atomic E-state index is -1.01. The summed E-state index contributed by atoms with van der Waals surface area (Å²) < 4.78 is 5.78. The molecule has 0 saturated carbocycles. The predicted octanol–water partition coefficient (Wildman–Crippen LogP) is 4.73. The van der Waals surface area contributed by atoms with Gasteiger partial charge in [-0.3, -0.25) is 0 Å². The molecule has 1 aliphatic heterocycles. The molecule has 5 rings (SSSR count). The molecule has 2 aromatic carbocycles. The van der Waals surface area contributed by atoms with Gasteiger partial charge in [-0.1, -0.05) is 48.5 Å². The number of nitrogens with zero attached hydrogens (tertiary/aromatic N) is 1. The van der Waals surface area contributed by atoms with Gasteiger partial charge in [-0.15, -0.1) is 11.3 Å². The highest BCUT2D eigenvalue weighted by molar-refractivity contribution is 7.16. The summed E-state index contributed by atoms with van der Waals surface area (Å²) in [7, 11) is 0. The Morgan fingerprint density at radius 2 is 1.74 bits per heavy atom. The maximum absolute atomic E-state index is 12.9. The number of nitrogen functional groups attached to an aromatic ring is 1. The average molecular weight is 435 g/mol. The molecule has 0 saturated heterocycles. The summed E-state index contributed by atoms with van der Waals surface area (Å²) in [5, 5.41) is 9.76. The van der Waals surface area contributed by atoms with Crippen LogP contribution in [-0.2, 0) is 17.7 Å². The molecule has 7 heteroatoms. The zero-order valence-electron chi connectivity index (χ0n) is 16.8. The number of rotatable bonds is 3. The van der Waals surface area contributed by atoms with Crippen molar-refractivity contribution in [1.29, 1.82) is 0 Å². The summed E-state index contributed by atoms with van der Waals surface area (Å²) in [6.45, 7) is 1.12. The number of hydrogen-bond donors (Lipinski definition) is 2. The average Bonchev–Trinajstić information content (AvgIpc) is 3.17. The van der Waals surface area contributed by atoms with Crippen molar-refractivity contribution < 1.29 is 19.4 Å². The molecule has 0 spiro atoms. The van der Waals surface area contributed by atoms with E-state index in [1.807, 2.05) is 24.3 Å². The lowest BCUT2D eigenvalue weighted by atomic mass is 9.98. The van der Waals surface area contributed by atoms with Gasteiger partial charge in [0.05, 0.1) is 12.1 Å². The van der Waals surface area contributed by atoms with Crippen LogP contribution in [0.15, 0.2) is 48.5 Å². The molecule has 0 atom stereocenters. The standard InChI is InChI=1S/C24H22N2O4S/c25-22-21(23(27)28)18-10-5-11-26(12-20(18)31-22)24(29)30-13-19-16-8-3-1-6-14(16)15-7-2-4-9-17(15)19/h1-4,6-9,19H,5,10-13,25H2,(H,27,28). The predicted molar refractivity (Wildman–Crippen MR) is 119 cm³/mol. The van der Waals surface area contributed by atoms with E-state index in [9.17, 15) is 14.7 Å². The van der Waals surface area contributed by atoms with Crippen molar-refractivity contribution >= 4 is 28.4 Å². The highest BCUT2D eigenvalue weighted by Gasteiger charge is 2.31. The minimum absolute atomic E-state index is 0.00915. The monoisotopic (exact) mass is 434 g/mol. The molecule has 3 aromatic rings. The van der Waals surface area contributed by atoms with Crippen molar-refractivity contribution in [2.75, 3.05) is 18.9 Å². The quantitative estimate of drug-likeness (QED) is 0.622. The third-order valence-electron chi connectivity index (χ3n) is 6.12. The number of ether oxygens (including phenoxy) is 1. The highest BCUT2D eigenvalue weighted by atomic mass is 32.1. The van der Waals surface area contributed by atoms with Crippen LogP contribution >= 0.6 is 11.3 Å². The summed E-state index contributed by atoms with van der Waals surface area (Å²) in [6, 6.07) is 16.5. The first-order valence-electron chi connectivity index (χ1n) is 10.3. The van der Waals surface area contributed by atoms with Gasteiger partial charge < -0.3 is 20.5 Å². The van der Waals surface area contributed by atoms with Gasteiger partial charge in [0.25, 0.3) is 0 Å². The Labute approximate surface area is 183 Å². The van der Waals surface area contributed by atoms with Crippen LogP contribution in [0.3, 0.4) is 0 Å². The van der Waals surface area contributed by atoms with Crippen molar-refractivity contribution in [1.82, 2.24) is 4.90 Å². The van der Waals surface area contributed by atoms with E-state index in [2.05, 4.69) is 24.3 Å². The molecular formula is C24H22N2O4S. The van der Waals surface area contributed by atoms with Crippen LogP contribution in [0.4, 0.5) is 9.80 Å². The zero-order chi connectivity index (χ0) is 21.5. The molecule has 158 valence electrons. The molecule has 3 N–H and O–H groups in total. The number of carbonyl (C=O) groups excluding carboxylic acids is 1. The lowest BCUT2D eigenvalue weighted by Crippen LogP contribution is -2.32. The second kappa shape index (κ2) is 7.74. The summed E-state index contributed by atoms with van der Waals surface area (Å²) in [4.78, 5) is 27.0. The molecule has 0 fully saturated rings. The summed E-state index contributed by atoms with van der Waals surface area (Å²) in [5.74, 6) is -1.00. The SMILES string of the molecule is Nc1sc2c(c1C(=O)O)CCCN(C(=O)OCC1c3ccccc3-c3ccccc31)C2. The van der Waals surface area contributed by atoms with E-state index < -0.39 is 5.97 Å². The zero-order valence-corrected chi connectivity index (χ0v) is 17.7. The molecular weight excluding hydrogens is 412 g/mol. The van der Waals surface area contributed by atoms with Crippen LogP contribution in [0.5, 0.6) is 0 Å². The smallest absolute Gasteiger partial charge is 0.410 e. The van der Waals surface area contributed by atoms with Gasteiger partial charge in [-0.25, -0.2) is 9.59 Å². The Balaban J connectivity index is 1.33. The molecule has 1 amide bonds. The molecule has 1 aromatic heterocycles. The first-order chi connectivity index (χ1) is 15.0. The lowest BCUT2D eigenvalue weighted by molar-refractivity contribution is 0.0697. The molecule has 0 unspecified atom stereocenters. The highest BCUT2D eigenvalue weighted by Crippen LogP contribution is 2.44. The molecule has 0 bridgehead atoms. The maximum atomic E-state index is 12.9. The minimum Gasteiger partial charge on any atom is -0.478 e. The van der Waals surface area contributed by atoms with E-state index in [0.717, 1.165) is 10.4 Å². The van der Waals surface area contributed by atoms with Crippen LogP contribution in [0, 0.1) is 0 Å². The van der Waals surface area contributed by atoms with E-state index in [4.69, 9.17) is 10.5 Å². The van der Waals surface area contributed by atoms with Crippen molar-refractivity contribution in [3.05, 3.63) is 75.7 Å². The first kappa shape index (κ1) is 19.6. The summed E-state index contributed by atoms with van der Waals surface area (Å²) in [6.07, 6.45) is 0.893. The van der Waals surface area contributed by atoms with Crippen molar-refractivity contribution in [3.63, 3.8) is 0 Å². The number of fused-ring (bicyclic) bond motifs is 4. The Kier molecular flexibility index (Phi) is 4.90. The number of anilines is 1. The number of carboxylic acids is 1. The number of hydrogen-bond acceptors (Lipinski definition) is 5. The number of nitrogens with two attached hydrogens (primary N) is 1. The Morgan fingerprint density at radius 3 is 2.39 bits per heavy atom. The number of benzene rings is 2. The maximum Gasteiger partial charge on any atom is 0.410 e. The second-order valence-electron chi connectivity index (χ2n) is 7.88. The third-order valence-corrected chi connectivity index (χ3v) is 7.16. The molecule has 0 radical (unpaired) electrons. The van der Waals surface area contributed by atoms with Gasteiger partial charge in [0.15, 0.2) is 0 Å². The second-order valence-corrected chi connectivity index (χ2v) is 9.01. The molecule has 2 aliphatic rings. The van der Waals surface area contributed by atoms with Crippen molar-refractivity contribution in [2.24, 2.45) is 0 Å². The van der Waals surface area contributed by atoms with Gasteiger partial charge in [-0.2, -0.15) is 0 Å². The van der Waals surface area contributed by atoms with Crippen LogP contribution in [0.25, 0.3) is 11.1 Å². The normalized spacial score (nSPS) is 15.0. The third kappa shape index (κ3) is 3.35. The van der Waals surface area contributed by atoms with Gasteiger partial charge in [0, 0.05) is 17.3 Å². The van der Waals surface area contributed by atoms with Crippen molar-refractivity contribution in [2.45, 2.75) is 25.3 Å². The van der Waals surface area contributed by atoms with Crippen LogP contribution in [0.2, 0.25) is 0 Å². The number of carboxylic acid groups (broad SMARTS) is 1. The van der Waals surface area contributed by atoms with Crippen molar-refractivity contribution in [3.8, 4) is 11.1 Å². The summed E-state index contributed by atoms with van der Waals surface area (Å²) >= 11 is 1.25. The number of thiophene rings is 1. The van der Waals surface area contributed by atoms with Crippen LogP contribution < -0.4 is 5.73 Å². The van der Waals surface area contributed by atoms with Crippen LogP contribution in [-0.4, -0.2) is 35.2 Å². The van der Waals surface area contributed by atoms with E-state index in [-0.39, 0.29) is 24.2 Å². The molecule has 2 heterocycles. The van der Waals surface area contributed by atoms with Crippen LogP contribution in [0.1, 0.15) is 44.3 Å². The van der Waals surface area contributed by atoms with E-state index in [0.29, 0.717) is 30.9 Å². The van der Waals surface area contributed by atoms with E-state index >= 15 is 0 Å². The first-order valence-corrected chi connectivity index (χ1v) is 11.1. The Bertz CT molecular complexity index is 1140. The van der Waals surface area contributed by atoms with Gasteiger partial charge in [0.1, 0.15) is 11.6 Å². The largest absolute Gasteiger partial charge is 0.478 e. The number of aromatic carboxylic acids is 1. The fourth-order valence-corrected chi connectivity index (χ4v) is 5.83. The molecule has 31 heavy (non-hydrogen) atoms. The fraction of sp³-hybridized carbons (Fsp3) is 0.250. The topological polar surface area (TPSA) is 92.9 Å². The molecule has 6 nitrogen and oxygen atoms in total.